The van der Waals surface area contributed by atoms with Crippen LogP contribution in [0.2, 0.25) is 0 Å². The predicted octanol–water partition coefficient (Wildman–Crippen LogP) is 2.15. The van der Waals surface area contributed by atoms with Crippen molar-refractivity contribution in [3.8, 4) is 0 Å². The number of fused-ring (bicyclic) bond motifs is 1. The molecule has 1 saturated carbocycles. The Kier molecular flexibility index (Phi) is 1.94. The van der Waals surface area contributed by atoms with Crippen LogP contribution in [-0.4, -0.2) is 13.1 Å². The van der Waals surface area contributed by atoms with Crippen molar-refractivity contribution in [3.05, 3.63) is 11.6 Å². The summed E-state index contributed by atoms with van der Waals surface area (Å²) in [4.78, 5) is 10.1. The fourth-order valence-electron chi connectivity index (χ4n) is 2.77. The lowest BCUT2D eigenvalue weighted by molar-refractivity contribution is -0.128. The molecule has 1 fully saturated rings. The van der Waals surface area contributed by atoms with E-state index in [9.17, 15) is 4.79 Å². The minimum atomic E-state index is 0.441. The van der Waals surface area contributed by atoms with Crippen LogP contribution in [-0.2, 0) is 9.53 Å². The SMILES string of the molecule is CC1(C)C2CC=C(COC=O)C1C2. The van der Waals surface area contributed by atoms with Gasteiger partial charge in [-0.05, 0) is 35.7 Å². The van der Waals surface area contributed by atoms with Gasteiger partial charge in [0.15, 0.2) is 0 Å². The van der Waals surface area contributed by atoms with Gasteiger partial charge in [-0.3, -0.25) is 4.79 Å². The summed E-state index contributed by atoms with van der Waals surface area (Å²) in [6.07, 6.45) is 4.72. The molecule has 0 aromatic carbocycles. The molecule has 0 amide bonds. The minimum Gasteiger partial charge on any atom is -0.463 e. The Morgan fingerprint density at radius 2 is 2.46 bits per heavy atom. The first-order valence-electron chi connectivity index (χ1n) is 4.90. The Balaban J connectivity index is 2.05. The van der Waals surface area contributed by atoms with Crippen LogP contribution in [0.15, 0.2) is 11.6 Å². The summed E-state index contributed by atoms with van der Waals surface area (Å²) in [7, 11) is 0. The van der Waals surface area contributed by atoms with Crippen LogP contribution in [0, 0.1) is 17.3 Å². The van der Waals surface area contributed by atoms with E-state index in [4.69, 9.17) is 4.74 Å². The van der Waals surface area contributed by atoms with E-state index < -0.39 is 0 Å². The molecule has 2 atom stereocenters. The summed E-state index contributed by atoms with van der Waals surface area (Å²) < 4.78 is 4.81. The Labute approximate surface area is 79.0 Å². The third-order valence-corrected chi connectivity index (χ3v) is 3.90. The first-order valence-corrected chi connectivity index (χ1v) is 4.90. The number of hydrogen-bond acceptors (Lipinski definition) is 2. The van der Waals surface area contributed by atoms with Crippen molar-refractivity contribution in [2.24, 2.45) is 17.3 Å². The molecule has 3 aliphatic rings. The molecule has 2 heteroatoms. The maximum Gasteiger partial charge on any atom is 0.293 e. The molecule has 13 heavy (non-hydrogen) atoms. The third-order valence-electron chi connectivity index (χ3n) is 3.90. The maximum atomic E-state index is 10.1. The van der Waals surface area contributed by atoms with Crippen LogP contribution in [0.1, 0.15) is 26.7 Å². The molecular weight excluding hydrogens is 164 g/mol. The maximum absolute atomic E-state index is 10.1. The highest BCUT2D eigenvalue weighted by molar-refractivity contribution is 5.38. The van der Waals surface area contributed by atoms with Gasteiger partial charge in [0.1, 0.15) is 6.61 Å². The summed E-state index contributed by atoms with van der Waals surface area (Å²) in [5, 5.41) is 0. The van der Waals surface area contributed by atoms with E-state index in [0.29, 0.717) is 24.4 Å². The Bertz CT molecular complexity index is 253. The fourth-order valence-corrected chi connectivity index (χ4v) is 2.77. The third kappa shape index (κ3) is 1.19. The number of carbonyl (C=O) groups is 1. The van der Waals surface area contributed by atoms with E-state index in [-0.39, 0.29) is 0 Å². The first-order chi connectivity index (χ1) is 6.16. The molecule has 2 unspecified atom stereocenters. The second-order valence-electron chi connectivity index (χ2n) is 4.73. The highest BCUT2D eigenvalue weighted by atomic mass is 16.5. The van der Waals surface area contributed by atoms with E-state index in [2.05, 4.69) is 19.9 Å². The summed E-state index contributed by atoms with van der Waals surface area (Å²) in [6, 6.07) is 0. The zero-order valence-electron chi connectivity index (χ0n) is 8.25. The smallest absolute Gasteiger partial charge is 0.293 e. The van der Waals surface area contributed by atoms with Crippen molar-refractivity contribution < 1.29 is 9.53 Å². The van der Waals surface area contributed by atoms with Crippen molar-refractivity contribution in [2.75, 3.05) is 6.61 Å². The van der Waals surface area contributed by atoms with Crippen LogP contribution >= 0.6 is 0 Å². The molecule has 0 saturated heterocycles. The highest BCUT2D eigenvalue weighted by Gasteiger charge is 2.51. The molecule has 3 rings (SSSR count). The number of allylic oxidation sites excluding steroid dienone is 1. The lowest BCUT2D eigenvalue weighted by Gasteiger charge is -2.56. The van der Waals surface area contributed by atoms with Crippen molar-refractivity contribution in [3.63, 3.8) is 0 Å². The van der Waals surface area contributed by atoms with Crippen molar-refractivity contribution in [1.29, 1.82) is 0 Å². The number of rotatable bonds is 3. The summed E-state index contributed by atoms with van der Waals surface area (Å²) in [5.41, 5.74) is 1.77. The molecule has 0 aliphatic heterocycles. The van der Waals surface area contributed by atoms with Crippen LogP contribution in [0.5, 0.6) is 0 Å². The average molecular weight is 180 g/mol. The van der Waals surface area contributed by atoms with Gasteiger partial charge in [0, 0.05) is 0 Å². The highest BCUT2D eigenvalue weighted by Crippen LogP contribution is 2.59. The van der Waals surface area contributed by atoms with Crippen LogP contribution in [0.25, 0.3) is 0 Å². The molecule has 0 radical (unpaired) electrons. The van der Waals surface area contributed by atoms with E-state index in [1.54, 1.807) is 0 Å². The van der Waals surface area contributed by atoms with E-state index in [0.717, 1.165) is 5.92 Å². The zero-order chi connectivity index (χ0) is 9.47. The fraction of sp³-hybridized carbons (Fsp3) is 0.727. The summed E-state index contributed by atoms with van der Waals surface area (Å²) in [6.45, 7) is 5.68. The zero-order valence-corrected chi connectivity index (χ0v) is 8.25. The van der Waals surface area contributed by atoms with Crippen LogP contribution in [0.3, 0.4) is 0 Å². The van der Waals surface area contributed by atoms with Gasteiger partial charge in [0.05, 0.1) is 0 Å². The predicted molar refractivity (Wildman–Crippen MR) is 50.1 cm³/mol. The summed E-state index contributed by atoms with van der Waals surface area (Å²) >= 11 is 0. The van der Waals surface area contributed by atoms with E-state index in [1.165, 1.54) is 18.4 Å². The molecule has 3 aliphatic carbocycles. The lowest BCUT2D eigenvalue weighted by atomic mass is 9.49. The largest absolute Gasteiger partial charge is 0.463 e. The standard InChI is InChI=1S/C11H16O2/c1-11(2)9-4-3-8(6-13-7-12)10(11)5-9/h3,7,9-10H,4-6H2,1-2H3. The molecule has 0 N–H and O–H groups in total. The molecule has 0 spiro atoms. The van der Waals surface area contributed by atoms with Gasteiger partial charge in [-0.25, -0.2) is 0 Å². The van der Waals surface area contributed by atoms with Gasteiger partial charge in [-0.15, -0.1) is 0 Å². The van der Waals surface area contributed by atoms with Gasteiger partial charge < -0.3 is 4.74 Å². The Morgan fingerprint density at radius 3 is 3.00 bits per heavy atom. The average Bonchev–Trinajstić information content (AvgIpc) is 2.14. The first kappa shape index (κ1) is 8.79. The van der Waals surface area contributed by atoms with Crippen LogP contribution in [0.4, 0.5) is 0 Å². The summed E-state index contributed by atoms with van der Waals surface area (Å²) in [5.74, 6) is 1.52. The molecular formula is C11H16O2. The van der Waals surface area contributed by atoms with Crippen LogP contribution < -0.4 is 0 Å². The lowest BCUT2D eigenvalue weighted by Crippen LogP contribution is -2.48. The van der Waals surface area contributed by atoms with Gasteiger partial charge in [-0.1, -0.05) is 19.9 Å². The van der Waals surface area contributed by atoms with E-state index >= 15 is 0 Å². The molecule has 2 bridgehead atoms. The van der Waals surface area contributed by atoms with Crippen molar-refractivity contribution in [2.45, 2.75) is 26.7 Å². The second kappa shape index (κ2) is 2.86. The quantitative estimate of drug-likeness (QED) is 0.491. The van der Waals surface area contributed by atoms with E-state index in [1.807, 2.05) is 0 Å². The number of carbonyl (C=O) groups excluding carboxylic acids is 1. The van der Waals surface area contributed by atoms with Gasteiger partial charge in [0.2, 0.25) is 0 Å². The molecule has 2 nitrogen and oxygen atoms in total. The minimum absolute atomic E-state index is 0.441. The molecule has 0 aromatic rings. The number of hydrogen-bond donors (Lipinski definition) is 0. The Hall–Kier alpha value is -0.790. The van der Waals surface area contributed by atoms with Gasteiger partial charge in [-0.2, -0.15) is 0 Å². The Morgan fingerprint density at radius 1 is 1.69 bits per heavy atom. The molecule has 72 valence electrons. The topological polar surface area (TPSA) is 26.3 Å². The molecule has 0 heterocycles. The monoisotopic (exact) mass is 180 g/mol. The van der Waals surface area contributed by atoms with Gasteiger partial charge in [0.25, 0.3) is 6.47 Å². The van der Waals surface area contributed by atoms with Crippen molar-refractivity contribution in [1.82, 2.24) is 0 Å². The molecule has 0 aromatic heterocycles. The second-order valence-corrected chi connectivity index (χ2v) is 4.73. The van der Waals surface area contributed by atoms with Crippen molar-refractivity contribution >= 4 is 6.47 Å². The number of ether oxygens (including phenoxy) is 1. The van der Waals surface area contributed by atoms with Gasteiger partial charge >= 0.3 is 0 Å². The normalized spacial score (nSPS) is 34.5.